The first-order valence-electron chi connectivity index (χ1n) is 5.24. The zero-order chi connectivity index (χ0) is 11.2. The average Bonchev–Trinajstić information content (AvgIpc) is 2.80. The van der Waals surface area contributed by atoms with Crippen LogP contribution < -0.4 is 0 Å². The molecular formula is C11H15BrN2S. The molecule has 0 radical (unpaired) electrons. The summed E-state index contributed by atoms with van der Waals surface area (Å²) in [7, 11) is 0. The first-order chi connectivity index (χ1) is 6.95. The summed E-state index contributed by atoms with van der Waals surface area (Å²) in [5, 5.41) is 0. The molecule has 1 aliphatic carbocycles. The molecule has 0 amide bonds. The number of hydrogen-bond acceptors (Lipinski definition) is 2. The van der Waals surface area contributed by atoms with Gasteiger partial charge in [0.1, 0.15) is 10.5 Å². The van der Waals surface area contributed by atoms with Crippen molar-refractivity contribution in [3.63, 3.8) is 0 Å². The first-order valence-corrected chi connectivity index (χ1v) is 6.44. The van der Waals surface area contributed by atoms with E-state index in [1.807, 2.05) is 0 Å². The van der Waals surface area contributed by atoms with Crippen LogP contribution in [0.5, 0.6) is 0 Å². The molecule has 1 aromatic heterocycles. The zero-order valence-electron chi connectivity index (χ0n) is 9.22. The molecule has 0 bridgehead atoms. The molecular weight excluding hydrogens is 272 g/mol. The summed E-state index contributed by atoms with van der Waals surface area (Å²) in [6, 6.07) is 0. The lowest BCUT2D eigenvalue weighted by molar-refractivity contribution is 0.606. The van der Waals surface area contributed by atoms with E-state index in [1.165, 1.54) is 6.42 Å². The van der Waals surface area contributed by atoms with E-state index in [1.54, 1.807) is 0 Å². The minimum absolute atomic E-state index is 0.393. The fourth-order valence-electron chi connectivity index (χ4n) is 1.87. The quantitative estimate of drug-likeness (QED) is 0.833. The highest BCUT2D eigenvalue weighted by Crippen LogP contribution is 2.57. The monoisotopic (exact) mass is 286 g/mol. The predicted octanol–water partition coefficient (Wildman–Crippen LogP) is 3.98. The summed E-state index contributed by atoms with van der Waals surface area (Å²) in [5.74, 6) is 1.61. The van der Waals surface area contributed by atoms with E-state index in [-0.39, 0.29) is 0 Å². The Bertz CT molecular complexity index is 450. The molecule has 1 unspecified atom stereocenters. The van der Waals surface area contributed by atoms with Crippen LogP contribution in [0, 0.1) is 10.1 Å². The average molecular weight is 287 g/mol. The van der Waals surface area contributed by atoms with Gasteiger partial charge in [0.25, 0.3) is 0 Å². The van der Waals surface area contributed by atoms with E-state index >= 15 is 0 Å². The zero-order valence-corrected chi connectivity index (χ0v) is 11.6. The van der Waals surface area contributed by atoms with Crippen molar-refractivity contribution < 1.29 is 0 Å². The maximum Gasteiger partial charge on any atom is 0.144 e. The molecule has 1 aromatic rings. The van der Waals surface area contributed by atoms with Gasteiger partial charge in [0.15, 0.2) is 0 Å². The Labute approximate surface area is 104 Å². The Hall–Kier alpha value is -0.220. The topological polar surface area (TPSA) is 28.7 Å². The summed E-state index contributed by atoms with van der Waals surface area (Å²) in [6.07, 6.45) is 2.16. The molecule has 0 saturated heterocycles. The van der Waals surface area contributed by atoms with Crippen LogP contribution in [-0.4, -0.2) is 9.97 Å². The van der Waals surface area contributed by atoms with E-state index in [0.717, 1.165) is 22.4 Å². The third kappa shape index (κ3) is 2.02. The van der Waals surface area contributed by atoms with E-state index in [2.05, 4.69) is 46.7 Å². The van der Waals surface area contributed by atoms with Gasteiger partial charge < -0.3 is 4.98 Å². The lowest BCUT2D eigenvalue weighted by Crippen LogP contribution is -2.02. The van der Waals surface area contributed by atoms with Crippen molar-refractivity contribution in [1.82, 2.24) is 9.97 Å². The van der Waals surface area contributed by atoms with Crippen molar-refractivity contribution in [3.05, 3.63) is 20.6 Å². The van der Waals surface area contributed by atoms with Crippen molar-refractivity contribution in [2.75, 3.05) is 0 Å². The van der Waals surface area contributed by atoms with Crippen LogP contribution >= 0.6 is 28.1 Å². The van der Waals surface area contributed by atoms with Crippen LogP contribution in [0.3, 0.4) is 0 Å². The molecule has 0 aliphatic heterocycles. The third-order valence-corrected chi connectivity index (χ3v) is 4.56. The highest BCUT2D eigenvalue weighted by atomic mass is 79.9. The minimum atomic E-state index is 0.393. The van der Waals surface area contributed by atoms with E-state index in [9.17, 15) is 0 Å². The molecule has 0 aromatic carbocycles. The van der Waals surface area contributed by atoms with Crippen molar-refractivity contribution in [3.8, 4) is 0 Å². The second kappa shape index (κ2) is 3.67. The molecule has 0 spiro atoms. The molecule has 1 fully saturated rings. The standard InChI is InChI=1S/C11H15BrN2S/c1-4-7-8(12)10(15)14-9(13-7)6-5-11(6,2)3/h6H,4-5H2,1-3H3,(H,13,14,15). The molecule has 1 N–H and O–H groups in total. The Morgan fingerprint density at radius 3 is 2.67 bits per heavy atom. The number of aromatic amines is 1. The third-order valence-electron chi connectivity index (χ3n) is 3.15. The number of H-pyrrole nitrogens is 1. The summed E-state index contributed by atoms with van der Waals surface area (Å²) in [5.41, 5.74) is 1.55. The summed E-state index contributed by atoms with van der Waals surface area (Å²) < 4.78 is 1.63. The van der Waals surface area contributed by atoms with Gasteiger partial charge in [-0.1, -0.05) is 33.0 Å². The number of hydrogen-bond donors (Lipinski definition) is 1. The smallest absolute Gasteiger partial charge is 0.144 e. The number of rotatable bonds is 2. The normalized spacial score (nSPS) is 22.8. The van der Waals surface area contributed by atoms with Crippen molar-refractivity contribution in [1.29, 1.82) is 0 Å². The predicted molar refractivity (Wildman–Crippen MR) is 67.6 cm³/mol. The van der Waals surface area contributed by atoms with Gasteiger partial charge in [-0.3, -0.25) is 0 Å². The molecule has 82 valence electrons. The lowest BCUT2D eigenvalue weighted by atomic mass is 10.1. The molecule has 2 nitrogen and oxygen atoms in total. The van der Waals surface area contributed by atoms with Gasteiger partial charge >= 0.3 is 0 Å². The van der Waals surface area contributed by atoms with Crippen molar-refractivity contribution >= 4 is 28.1 Å². The van der Waals surface area contributed by atoms with Gasteiger partial charge in [-0.25, -0.2) is 4.98 Å². The molecule has 1 saturated carbocycles. The Morgan fingerprint density at radius 2 is 2.20 bits per heavy atom. The fraction of sp³-hybridized carbons (Fsp3) is 0.636. The maximum absolute atomic E-state index is 5.24. The van der Waals surface area contributed by atoms with Crippen LogP contribution in [0.1, 0.15) is 44.6 Å². The molecule has 4 heteroatoms. The van der Waals surface area contributed by atoms with E-state index in [4.69, 9.17) is 12.2 Å². The molecule has 15 heavy (non-hydrogen) atoms. The number of nitrogens with one attached hydrogen (secondary N) is 1. The van der Waals surface area contributed by atoms with E-state index in [0.29, 0.717) is 16.0 Å². The van der Waals surface area contributed by atoms with Gasteiger partial charge in [-0.05, 0) is 34.2 Å². The van der Waals surface area contributed by atoms with Gasteiger partial charge in [-0.15, -0.1) is 0 Å². The minimum Gasteiger partial charge on any atom is -0.346 e. The van der Waals surface area contributed by atoms with E-state index < -0.39 is 0 Å². The molecule has 1 aliphatic rings. The van der Waals surface area contributed by atoms with Gasteiger partial charge in [0, 0.05) is 11.6 Å². The maximum atomic E-state index is 5.24. The van der Waals surface area contributed by atoms with Gasteiger partial charge in [0.2, 0.25) is 0 Å². The fourth-order valence-corrected chi connectivity index (χ4v) is 2.56. The van der Waals surface area contributed by atoms with Crippen LogP contribution in [0.4, 0.5) is 0 Å². The second-order valence-corrected chi connectivity index (χ2v) is 6.00. The first kappa shape index (κ1) is 11.3. The summed E-state index contributed by atoms with van der Waals surface area (Å²) >= 11 is 8.71. The molecule has 2 rings (SSSR count). The number of aryl methyl sites for hydroxylation is 1. The van der Waals surface area contributed by atoms with Crippen LogP contribution in [-0.2, 0) is 6.42 Å². The largest absolute Gasteiger partial charge is 0.346 e. The Kier molecular flexibility index (Phi) is 2.75. The summed E-state index contributed by atoms with van der Waals surface area (Å²) in [6.45, 7) is 6.65. The Balaban J connectivity index is 2.43. The Morgan fingerprint density at radius 1 is 1.60 bits per heavy atom. The van der Waals surface area contributed by atoms with Crippen LogP contribution in [0.25, 0.3) is 0 Å². The van der Waals surface area contributed by atoms with Gasteiger partial charge in [-0.2, -0.15) is 0 Å². The highest BCUT2D eigenvalue weighted by molar-refractivity contribution is 9.10. The number of nitrogens with zero attached hydrogens (tertiary/aromatic N) is 1. The number of aromatic nitrogens is 2. The van der Waals surface area contributed by atoms with Crippen molar-refractivity contribution in [2.24, 2.45) is 5.41 Å². The number of halogens is 1. The highest BCUT2D eigenvalue weighted by Gasteiger charge is 2.48. The second-order valence-electron chi connectivity index (χ2n) is 4.82. The molecule has 1 atom stereocenters. The van der Waals surface area contributed by atoms with Crippen LogP contribution in [0.2, 0.25) is 0 Å². The van der Waals surface area contributed by atoms with Gasteiger partial charge in [0.05, 0.1) is 4.47 Å². The molecule has 1 heterocycles. The van der Waals surface area contributed by atoms with Crippen LogP contribution in [0.15, 0.2) is 4.47 Å². The SMILES string of the molecule is CCc1[nH]c(C2CC2(C)C)nc(=S)c1Br. The summed E-state index contributed by atoms with van der Waals surface area (Å²) in [4.78, 5) is 7.85. The van der Waals surface area contributed by atoms with Crippen molar-refractivity contribution in [2.45, 2.75) is 39.5 Å². The lowest BCUT2D eigenvalue weighted by Gasteiger charge is -2.07.